The van der Waals surface area contributed by atoms with Gasteiger partial charge in [0.2, 0.25) is 5.91 Å². The molecule has 1 aliphatic rings. The molecule has 0 atom stereocenters. The summed E-state index contributed by atoms with van der Waals surface area (Å²) in [6.07, 6.45) is 2.48. The molecule has 9 heteroatoms. The zero-order chi connectivity index (χ0) is 20.3. The smallest absolute Gasteiger partial charge is 0.339 e. The molecule has 0 saturated carbocycles. The molecule has 1 heterocycles. The van der Waals surface area contributed by atoms with Gasteiger partial charge in [-0.05, 0) is 43.9 Å². The molecule has 1 aromatic heterocycles. The summed E-state index contributed by atoms with van der Waals surface area (Å²) < 4.78 is 11.0. The highest BCUT2D eigenvalue weighted by Gasteiger charge is 2.21. The summed E-state index contributed by atoms with van der Waals surface area (Å²) >= 11 is 0. The fourth-order valence-electron chi connectivity index (χ4n) is 3.23. The van der Waals surface area contributed by atoms with Crippen LogP contribution in [0.15, 0.2) is 21.3 Å². The second-order valence-electron chi connectivity index (χ2n) is 6.48. The Bertz CT molecular complexity index is 1010. The van der Waals surface area contributed by atoms with Gasteiger partial charge in [-0.1, -0.05) is 0 Å². The Kier molecular flexibility index (Phi) is 5.62. The summed E-state index contributed by atoms with van der Waals surface area (Å²) in [6.45, 7) is 0.381. The highest BCUT2D eigenvalue weighted by molar-refractivity contribution is 5.88. The fraction of sp³-hybridized carbons (Fsp3) is 0.368. The lowest BCUT2D eigenvalue weighted by Gasteiger charge is -2.12. The van der Waals surface area contributed by atoms with Crippen LogP contribution in [0.3, 0.4) is 0 Å². The first-order valence-electron chi connectivity index (χ1n) is 8.81. The number of carbonyl (C=O) groups excluding carboxylic acids is 3. The van der Waals surface area contributed by atoms with E-state index in [1.54, 1.807) is 13.0 Å². The standard InChI is InChI=1S/C19H20N2O7/c1-10-14(27-9-16(23)20-7-15(22)21-8-17(24)25)6-5-12-11-3-2-4-13(11)19(26)28-18(10)12/h5-6H,2-4,7-9H2,1H3,(H,20,23)(H,21,22)(H,24,25)/p-1. The number of hydrogen-bond acceptors (Lipinski definition) is 7. The van der Waals surface area contributed by atoms with E-state index in [2.05, 4.69) is 10.6 Å². The average Bonchev–Trinajstić information content (AvgIpc) is 3.15. The third-order valence-corrected chi connectivity index (χ3v) is 4.58. The first kappa shape index (κ1) is 19.4. The van der Waals surface area contributed by atoms with E-state index in [1.807, 2.05) is 6.07 Å². The number of nitrogens with one attached hydrogen (secondary N) is 2. The summed E-state index contributed by atoms with van der Waals surface area (Å²) in [5.74, 6) is -2.24. The van der Waals surface area contributed by atoms with Crippen molar-refractivity contribution in [1.29, 1.82) is 0 Å². The number of amides is 2. The zero-order valence-corrected chi connectivity index (χ0v) is 15.3. The molecule has 1 aliphatic carbocycles. The van der Waals surface area contributed by atoms with Crippen LogP contribution < -0.4 is 26.1 Å². The zero-order valence-electron chi connectivity index (χ0n) is 15.3. The molecule has 2 aromatic rings. The van der Waals surface area contributed by atoms with Gasteiger partial charge in [-0.2, -0.15) is 0 Å². The Morgan fingerprint density at radius 3 is 2.57 bits per heavy atom. The molecule has 9 nitrogen and oxygen atoms in total. The van der Waals surface area contributed by atoms with Crippen LogP contribution in [-0.4, -0.2) is 37.5 Å². The monoisotopic (exact) mass is 387 g/mol. The molecule has 0 radical (unpaired) electrons. The van der Waals surface area contributed by atoms with Crippen molar-refractivity contribution in [3.05, 3.63) is 39.2 Å². The average molecular weight is 387 g/mol. The van der Waals surface area contributed by atoms with Crippen LogP contribution in [0.5, 0.6) is 5.75 Å². The lowest BCUT2D eigenvalue weighted by atomic mass is 10.0. The van der Waals surface area contributed by atoms with Crippen LogP contribution in [0, 0.1) is 6.92 Å². The highest BCUT2D eigenvalue weighted by Crippen LogP contribution is 2.32. The van der Waals surface area contributed by atoms with Crippen molar-refractivity contribution in [2.45, 2.75) is 26.2 Å². The van der Waals surface area contributed by atoms with Gasteiger partial charge in [0.15, 0.2) is 6.61 Å². The number of benzene rings is 1. The van der Waals surface area contributed by atoms with Crippen LogP contribution in [0.4, 0.5) is 0 Å². The molecule has 0 bridgehead atoms. The number of ether oxygens (including phenoxy) is 1. The van der Waals surface area contributed by atoms with E-state index in [0.717, 1.165) is 35.8 Å². The molecular formula is C19H19N2O7-. The molecule has 3 rings (SSSR count). The van der Waals surface area contributed by atoms with Crippen LogP contribution in [-0.2, 0) is 27.2 Å². The van der Waals surface area contributed by atoms with Crippen LogP contribution in [0.2, 0.25) is 0 Å². The number of aliphatic carboxylic acids is 1. The van der Waals surface area contributed by atoms with Gasteiger partial charge in [-0.15, -0.1) is 0 Å². The van der Waals surface area contributed by atoms with E-state index in [0.29, 0.717) is 16.9 Å². The van der Waals surface area contributed by atoms with Crippen molar-refractivity contribution in [2.24, 2.45) is 0 Å². The van der Waals surface area contributed by atoms with E-state index in [9.17, 15) is 24.3 Å². The second-order valence-corrected chi connectivity index (χ2v) is 6.48. The first-order chi connectivity index (χ1) is 13.4. The van der Waals surface area contributed by atoms with Crippen molar-refractivity contribution in [3.8, 4) is 5.75 Å². The molecule has 2 amide bonds. The molecule has 0 aliphatic heterocycles. The Morgan fingerprint density at radius 2 is 1.82 bits per heavy atom. The third kappa shape index (κ3) is 4.13. The van der Waals surface area contributed by atoms with E-state index < -0.39 is 24.3 Å². The Balaban J connectivity index is 1.63. The number of carboxylic acids is 1. The molecule has 0 unspecified atom stereocenters. The Labute approximate surface area is 159 Å². The summed E-state index contributed by atoms with van der Waals surface area (Å²) in [4.78, 5) is 45.6. The van der Waals surface area contributed by atoms with Gasteiger partial charge in [0.25, 0.3) is 5.91 Å². The topological polar surface area (TPSA) is 138 Å². The molecule has 1 aromatic carbocycles. The number of carbonyl (C=O) groups is 3. The predicted molar refractivity (Wildman–Crippen MR) is 95.8 cm³/mol. The SMILES string of the molecule is Cc1c(OCC(=O)NCC(=O)NCC(=O)[O-])ccc2c3c(c(=O)oc12)CCC3. The second kappa shape index (κ2) is 8.12. The maximum atomic E-state index is 12.1. The van der Waals surface area contributed by atoms with Crippen molar-refractivity contribution in [1.82, 2.24) is 10.6 Å². The normalized spacial score (nSPS) is 12.5. The molecule has 0 spiro atoms. The molecular weight excluding hydrogens is 368 g/mol. The first-order valence-corrected chi connectivity index (χ1v) is 8.81. The fourth-order valence-corrected chi connectivity index (χ4v) is 3.23. The minimum Gasteiger partial charge on any atom is -0.548 e. The number of fused-ring (bicyclic) bond motifs is 3. The number of rotatable bonds is 7. The van der Waals surface area contributed by atoms with Crippen molar-refractivity contribution in [2.75, 3.05) is 19.7 Å². The summed E-state index contributed by atoms with van der Waals surface area (Å²) in [5.41, 5.74) is 2.48. The van der Waals surface area contributed by atoms with Gasteiger partial charge in [0, 0.05) is 16.5 Å². The van der Waals surface area contributed by atoms with Crippen LogP contribution in [0.1, 0.15) is 23.1 Å². The maximum absolute atomic E-state index is 12.1. The van der Waals surface area contributed by atoms with Gasteiger partial charge in [0.05, 0.1) is 19.1 Å². The number of carboxylic acid groups (broad SMARTS) is 1. The maximum Gasteiger partial charge on any atom is 0.339 e. The number of aryl methyl sites for hydroxylation is 2. The summed E-state index contributed by atoms with van der Waals surface area (Å²) in [7, 11) is 0. The van der Waals surface area contributed by atoms with Gasteiger partial charge < -0.3 is 29.7 Å². The lowest BCUT2D eigenvalue weighted by molar-refractivity contribution is -0.304. The molecule has 28 heavy (non-hydrogen) atoms. The Hall–Kier alpha value is -3.36. The van der Waals surface area contributed by atoms with Crippen LogP contribution >= 0.6 is 0 Å². The summed E-state index contributed by atoms with van der Waals surface area (Å²) in [6, 6.07) is 3.53. The van der Waals surface area contributed by atoms with Gasteiger partial charge in [-0.25, -0.2) is 4.79 Å². The van der Waals surface area contributed by atoms with Crippen molar-refractivity contribution in [3.63, 3.8) is 0 Å². The minimum atomic E-state index is -1.42. The van der Waals surface area contributed by atoms with Crippen LogP contribution in [0.25, 0.3) is 11.0 Å². The van der Waals surface area contributed by atoms with Gasteiger partial charge in [-0.3, -0.25) is 9.59 Å². The van der Waals surface area contributed by atoms with E-state index in [-0.39, 0.29) is 18.8 Å². The number of hydrogen-bond donors (Lipinski definition) is 2. The highest BCUT2D eigenvalue weighted by atomic mass is 16.5. The van der Waals surface area contributed by atoms with Crippen molar-refractivity contribution < 1.29 is 28.6 Å². The van der Waals surface area contributed by atoms with E-state index in [1.165, 1.54) is 0 Å². The third-order valence-electron chi connectivity index (χ3n) is 4.58. The Morgan fingerprint density at radius 1 is 1.11 bits per heavy atom. The van der Waals surface area contributed by atoms with E-state index in [4.69, 9.17) is 9.15 Å². The summed E-state index contributed by atoms with van der Waals surface area (Å²) in [5, 5.41) is 15.5. The van der Waals surface area contributed by atoms with E-state index >= 15 is 0 Å². The minimum absolute atomic E-state index is 0.333. The lowest BCUT2D eigenvalue weighted by Crippen LogP contribution is -2.43. The largest absolute Gasteiger partial charge is 0.548 e. The predicted octanol–water partition coefficient (Wildman–Crippen LogP) is -1.05. The molecule has 0 fully saturated rings. The van der Waals surface area contributed by atoms with Gasteiger partial charge in [0.1, 0.15) is 11.3 Å². The molecule has 148 valence electrons. The molecule has 2 N–H and O–H groups in total. The van der Waals surface area contributed by atoms with Gasteiger partial charge >= 0.3 is 5.63 Å². The molecule has 0 saturated heterocycles. The quantitative estimate of drug-likeness (QED) is 0.578. The van der Waals surface area contributed by atoms with Crippen molar-refractivity contribution >= 4 is 28.8 Å².